The molecule has 0 spiro atoms. The Hall–Kier alpha value is -0.723. The van der Waals surface area contributed by atoms with Gasteiger partial charge in [-0.3, -0.25) is 9.78 Å². The molecule has 2 rings (SSSR count). The summed E-state index contributed by atoms with van der Waals surface area (Å²) in [5.41, 5.74) is 0.161. The van der Waals surface area contributed by atoms with Crippen molar-refractivity contribution >= 4 is 30.2 Å². The molecule has 0 aliphatic heterocycles. The molecule has 1 fully saturated rings. The van der Waals surface area contributed by atoms with Crippen LogP contribution in [-0.4, -0.2) is 32.0 Å². The summed E-state index contributed by atoms with van der Waals surface area (Å²) in [4.78, 5) is 17.4. The van der Waals surface area contributed by atoms with Crippen LogP contribution >= 0.6 is 15.9 Å². The van der Waals surface area contributed by atoms with Crippen molar-refractivity contribution in [1.82, 2.24) is 4.98 Å². The Labute approximate surface area is 167 Å². The first-order chi connectivity index (χ1) is 12.0. The SMILES string of the molecule is CCOC(=O)C1(c2ccc(Br)cn2)CCC(O[Si](C)(C)C(C)(C)C)CC1. The first kappa shape index (κ1) is 21.6. The van der Waals surface area contributed by atoms with Crippen LogP contribution < -0.4 is 0 Å². The van der Waals surface area contributed by atoms with Gasteiger partial charge < -0.3 is 9.16 Å². The third-order valence-corrected chi connectivity index (χ3v) is 10.9. The van der Waals surface area contributed by atoms with Gasteiger partial charge in [-0.1, -0.05) is 20.8 Å². The molecule has 0 atom stereocenters. The van der Waals surface area contributed by atoms with Crippen LogP contribution in [0.1, 0.15) is 59.1 Å². The molecule has 4 nitrogen and oxygen atoms in total. The molecule has 0 bridgehead atoms. The van der Waals surface area contributed by atoms with Gasteiger partial charge in [0.05, 0.1) is 12.3 Å². The minimum Gasteiger partial charge on any atom is -0.465 e. The quantitative estimate of drug-likeness (QED) is 0.439. The lowest BCUT2D eigenvalue weighted by Crippen LogP contribution is -2.48. The lowest BCUT2D eigenvalue weighted by Gasteiger charge is -2.43. The van der Waals surface area contributed by atoms with E-state index in [-0.39, 0.29) is 17.1 Å². The van der Waals surface area contributed by atoms with E-state index in [1.54, 1.807) is 6.20 Å². The fourth-order valence-electron chi connectivity index (χ4n) is 3.29. The van der Waals surface area contributed by atoms with Crippen LogP contribution in [0.5, 0.6) is 0 Å². The second-order valence-corrected chi connectivity index (χ2v) is 14.4. The Morgan fingerprint density at radius 1 is 1.31 bits per heavy atom. The molecule has 6 heteroatoms. The number of halogens is 1. The molecule has 146 valence electrons. The summed E-state index contributed by atoms with van der Waals surface area (Å²) >= 11 is 3.42. The van der Waals surface area contributed by atoms with E-state index in [9.17, 15) is 4.79 Å². The molecule has 1 aliphatic rings. The first-order valence-electron chi connectivity index (χ1n) is 9.49. The van der Waals surface area contributed by atoms with Crippen LogP contribution in [0.25, 0.3) is 0 Å². The minimum atomic E-state index is -1.81. The van der Waals surface area contributed by atoms with Gasteiger partial charge >= 0.3 is 5.97 Å². The smallest absolute Gasteiger partial charge is 0.318 e. The Bertz CT molecular complexity index is 617. The molecule has 0 saturated heterocycles. The molecule has 0 N–H and O–H groups in total. The van der Waals surface area contributed by atoms with E-state index in [0.29, 0.717) is 6.61 Å². The summed E-state index contributed by atoms with van der Waals surface area (Å²) in [5.74, 6) is -0.152. The predicted octanol–water partition coefficient (Wildman–Crippen LogP) is 5.61. The molecule has 1 aromatic rings. The standard InChI is InChI=1S/C20H32BrNO3Si/c1-7-24-18(23)20(17-9-8-15(21)14-22-17)12-10-16(11-13-20)25-26(5,6)19(2,3)4/h8-9,14,16H,7,10-13H2,1-6H3. The fourth-order valence-corrected chi connectivity index (χ4v) is 4.95. The number of ether oxygens (including phenoxy) is 1. The zero-order chi connectivity index (χ0) is 19.6. The van der Waals surface area contributed by atoms with Gasteiger partial charge in [-0.15, -0.1) is 0 Å². The lowest BCUT2D eigenvalue weighted by molar-refractivity contribution is -0.152. The molecule has 1 heterocycles. The number of aromatic nitrogens is 1. The number of esters is 1. The molecular weight excluding hydrogens is 410 g/mol. The molecule has 1 aliphatic carbocycles. The van der Waals surface area contributed by atoms with E-state index < -0.39 is 13.7 Å². The summed E-state index contributed by atoms with van der Waals surface area (Å²) in [7, 11) is -1.81. The molecular formula is C20H32BrNO3Si. The highest BCUT2D eigenvalue weighted by molar-refractivity contribution is 9.10. The maximum Gasteiger partial charge on any atom is 0.318 e. The summed E-state index contributed by atoms with van der Waals surface area (Å²) in [6.45, 7) is 13.6. The van der Waals surface area contributed by atoms with Crippen molar-refractivity contribution in [3.63, 3.8) is 0 Å². The maximum atomic E-state index is 12.9. The molecule has 0 aromatic carbocycles. The second-order valence-electron chi connectivity index (χ2n) is 8.74. The molecule has 0 radical (unpaired) electrons. The Morgan fingerprint density at radius 3 is 2.38 bits per heavy atom. The van der Waals surface area contributed by atoms with Crippen molar-refractivity contribution in [2.75, 3.05) is 6.61 Å². The van der Waals surface area contributed by atoms with E-state index in [0.717, 1.165) is 35.8 Å². The normalized spacial score (nSPS) is 24.3. The molecule has 1 saturated carbocycles. The molecule has 0 unspecified atom stereocenters. The van der Waals surface area contributed by atoms with Crippen molar-refractivity contribution in [3.8, 4) is 0 Å². The summed E-state index contributed by atoms with van der Waals surface area (Å²) in [5, 5.41) is 0.190. The van der Waals surface area contributed by atoms with Gasteiger partial charge in [0.25, 0.3) is 0 Å². The lowest BCUT2D eigenvalue weighted by atomic mass is 9.70. The van der Waals surface area contributed by atoms with Gasteiger partial charge in [-0.05, 0) is 78.8 Å². The number of nitrogens with zero attached hydrogens (tertiary/aromatic N) is 1. The van der Waals surface area contributed by atoms with Crippen LogP contribution in [-0.2, 0) is 19.4 Å². The number of pyridine rings is 1. The topological polar surface area (TPSA) is 48.4 Å². The van der Waals surface area contributed by atoms with Crippen LogP contribution in [0.15, 0.2) is 22.8 Å². The van der Waals surface area contributed by atoms with Crippen molar-refractivity contribution in [2.24, 2.45) is 0 Å². The van der Waals surface area contributed by atoms with E-state index >= 15 is 0 Å². The second kappa shape index (κ2) is 8.11. The Morgan fingerprint density at radius 2 is 1.92 bits per heavy atom. The predicted molar refractivity (Wildman–Crippen MR) is 111 cm³/mol. The monoisotopic (exact) mass is 441 g/mol. The Balaban J connectivity index is 2.19. The highest BCUT2D eigenvalue weighted by Gasteiger charge is 2.48. The van der Waals surface area contributed by atoms with E-state index in [4.69, 9.17) is 9.16 Å². The van der Waals surface area contributed by atoms with E-state index in [1.165, 1.54) is 0 Å². The van der Waals surface area contributed by atoms with E-state index in [2.05, 4.69) is 54.8 Å². The van der Waals surface area contributed by atoms with Crippen LogP contribution in [0.4, 0.5) is 0 Å². The zero-order valence-electron chi connectivity index (χ0n) is 16.9. The van der Waals surface area contributed by atoms with Crippen molar-refractivity contribution in [2.45, 2.75) is 83.0 Å². The van der Waals surface area contributed by atoms with Gasteiger partial charge in [0.2, 0.25) is 0 Å². The number of hydrogen-bond acceptors (Lipinski definition) is 4. The highest BCUT2D eigenvalue weighted by Crippen LogP contribution is 2.44. The minimum absolute atomic E-state index is 0.152. The van der Waals surface area contributed by atoms with Crippen molar-refractivity contribution in [3.05, 3.63) is 28.5 Å². The van der Waals surface area contributed by atoms with Gasteiger partial charge in [0, 0.05) is 16.8 Å². The highest BCUT2D eigenvalue weighted by atomic mass is 79.9. The van der Waals surface area contributed by atoms with Gasteiger partial charge in [0.1, 0.15) is 5.41 Å². The average molecular weight is 442 g/mol. The molecule has 26 heavy (non-hydrogen) atoms. The number of rotatable bonds is 5. The summed E-state index contributed by atoms with van der Waals surface area (Å²) in [6.07, 6.45) is 5.15. The molecule has 0 amide bonds. The largest absolute Gasteiger partial charge is 0.465 e. The van der Waals surface area contributed by atoms with Crippen LogP contribution in [0.3, 0.4) is 0 Å². The molecule has 1 aromatic heterocycles. The third kappa shape index (κ3) is 4.57. The van der Waals surface area contributed by atoms with Crippen molar-refractivity contribution < 1.29 is 14.0 Å². The Kier molecular flexibility index (Phi) is 6.73. The van der Waals surface area contributed by atoms with E-state index in [1.807, 2.05) is 19.1 Å². The summed E-state index contributed by atoms with van der Waals surface area (Å²) in [6, 6.07) is 3.89. The number of hydrogen-bond donors (Lipinski definition) is 0. The third-order valence-electron chi connectivity index (χ3n) is 5.94. The van der Waals surface area contributed by atoms with Gasteiger partial charge in [-0.25, -0.2) is 0 Å². The van der Waals surface area contributed by atoms with Crippen molar-refractivity contribution in [1.29, 1.82) is 0 Å². The maximum absolute atomic E-state index is 12.9. The summed E-state index contributed by atoms with van der Waals surface area (Å²) < 4.78 is 12.9. The number of carbonyl (C=O) groups excluding carboxylic acids is 1. The number of carbonyl (C=O) groups is 1. The zero-order valence-corrected chi connectivity index (χ0v) is 19.5. The fraction of sp³-hybridized carbons (Fsp3) is 0.700. The van der Waals surface area contributed by atoms with Gasteiger partial charge in [-0.2, -0.15) is 0 Å². The average Bonchev–Trinajstić information content (AvgIpc) is 2.55. The first-order valence-corrected chi connectivity index (χ1v) is 13.2. The van der Waals surface area contributed by atoms with Crippen LogP contribution in [0, 0.1) is 0 Å². The van der Waals surface area contributed by atoms with Crippen LogP contribution in [0.2, 0.25) is 18.1 Å². The van der Waals surface area contributed by atoms with Gasteiger partial charge in [0.15, 0.2) is 8.32 Å².